The van der Waals surface area contributed by atoms with Gasteiger partial charge in [0.1, 0.15) is 12.0 Å². The molecule has 4 aromatic heterocycles. The molecule has 0 atom stereocenters. The molecule has 1 aliphatic rings. The molecule has 4 aromatic rings. The van der Waals surface area contributed by atoms with Crippen LogP contribution < -0.4 is 11.1 Å². The largest absolute Gasteiger partial charge is 0.472 e. The molecule has 1 saturated heterocycles. The summed E-state index contributed by atoms with van der Waals surface area (Å²) in [6.07, 6.45) is 11.2. The fourth-order valence-corrected chi connectivity index (χ4v) is 3.57. The summed E-state index contributed by atoms with van der Waals surface area (Å²) in [5.74, 6) is 1.09. The summed E-state index contributed by atoms with van der Waals surface area (Å²) in [6, 6.07) is 4.28. The van der Waals surface area contributed by atoms with Gasteiger partial charge in [0.25, 0.3) is 0 Å². The Balaban J connectivity index is 1.58. The Kier molecular flexibility index (Phi) is 3.53. The standard InChI is InChI=1S/C19H19N5O2/c20-19-18-15(7-17(26-18)12-3-6-25-11-12)16(9-22-19)13-8-23-24(10-13)14-1-4-21-5-2-14/h3,6-11,14,21H,1-2,4-5H2,(H2,20,22). The summed E-state index contributed by atoms with van der Waals surface area (Å²) in [5, 5.41) is 8.90. The number of fused-ring (bicyclic) bond motifs is 1. The Hall–Kier alpha value is -3.06. The van der Waals surface area contributed by atoms with E-state index in [1.54, 1.807) is 18.7 Å². The molecule has 3 N–H and O–H groups in total. The van der Waals surface area contributed by atoms with Gasteiger partial charge in [0.2, 0.25) is 0 Å². The molecule has 0 aromatic carbocycles. The highest BCUT2D eigenvalue weighted by atomic mass is 16.3. The first-order valence-corrected chi connectivity index (χ1v) is 8.75. The minimum Gasteiger partial charge on any atom is -0.472 e. The number of aromatic nitrogens is 3. The van der Waals surface area contributed by atoms with E-state index in [0.29, 0.717) is 23.2 Å². The molecule has 7 nitrogen and oxygen atoms in total. The second-order valence-corrected chi connectivity index (χ2v) is 6.61. The zero-order valence-electron chi connectivity index (χ0n) is 14.2. The number of furan rings is 2. The second kappa shape index (κ2) is 6.03. The van der Waals surface area contributed by atoms with Crippen molar-refractivity contribution in [1.29, 1.82) is 0 Å². The summed E-state index contributed by atoms with van der Waals surface area (Å²) in [7, 11) is 0. The number of hydrogen-bond acceptors (Lipinski definition) is 6. The molecule has 0 spiro atoms. The van der Waals surface area contributed by atoms with Crippen molar-refractivity contribution in [3.63, 3.8) is 0 Å². The lowest BCUT2D eigenvalue weighted by molar-refractivity contribution is 0.343. The lowest BCUT2D eigenvalue weighted by Gasteiger charge is -2.22. The third-order valence-electron chi connectivity index (χ3n) is 4.99. The van der Waals surface area contributed by atoms with E-state index in [4.69, 9.17) is 14.6 Å². The predicted octanol–water partition coefficient (Wildman–Crippen LogP) is 3.46. The van der Waals surface area contributed by atoms with E-state index in [1.165, 1.54) is 0 Å². The van der Waals surface area contributed by atoms with Gasteiger partial charge in [-0.3, -0.25) is 4.68 Å². The van der Waals surface area contributed by atoms with Gasteiger partial charge in [-0.1, -0.05) is 0 Å². The Labute approximate surface area is 149 Å². The van der Waals surface area contributed by atoms with Crippen molar-refractivity contribution in [1.82, 2.24) is 20.1 Å². The maximum atomic E-state index is 6.04. The van der Waals surface area contributed by atoms with Crippen LogP contribution in [0, 0.1) is 0 Å². The predicted molar refractivity (Wildman–Crippen MR) is 98.5 cm³/mol. The summed E-state index contributed by atoms with van der Waals surface area (Å²) in [6.45, 7) is 2.06. The smallest absolute Gasteiger partial charge is 0.177 e. The van der Waals surface area contributed by atoms with E-state index in [1.807, 2.05) is 18.3 Å². The Morgan fingerprint density at radius 1 is 1.19 bits per heavy atom. The molecule has 0 unspecified atom stereocenters. The van der Waals surface area contributed by atoms with Gasteiger partial charge in [0.15, 0.2) is 11.4 Å². The number of anilines is 1. The number of rotatable bonds is 3. The number of nitrogens with one attached hydrogen (secondary N) is 1. The highest BCUT2D eigenvalue weighted by molar-refractivity contribution is 6.00. The zero-order valence-corrected chi connectivity index (χ0v) is 14.2. The molecule has 0 radical (unpaired) electrons. The molecule has 26 heavy (non-hydrogen) atoms. The van der Waals surface area contributed by atoms with Gasteiger partial charge in [-0.2, -0.15) is 5.10 Å². The molecule has 1 fully saturated rings. The molecular formula is C19H19N5O2. The molecule has 0 bridgehead atoms. The van der Waals surface area contributed by atoms with Gasteiger partial charge in [0.05, 0.1) is 24.1 Å². The van der Waals surface area contributed by atoms with Crippen molar-refractivity contribution in [2.24, 2.45) is 0 Å². The monoisotopic (exact) mass is 349 g/mol. The summed E-state index contributed by atoms with van der Waals surface area (Å²) < 4.78 is 13.2. The van der Waals surface area contributed by atoms with Crippen molar-refractivity contribution in [3.8, 4) is 22.5 Å². The maximum Gasteiger partial charge on any atom is 0.177 e. The molecular weight excluding hydrogens is 330 g/mol. The number of hydrogen-bond donors (Lipinski definition) is 2. The van der Waals surface area contributed by atoms with Crippen LogP contribution in [-0.4, -0.2) is 27.9 Å². The SMILES string of the molecule is Nc1ncc(-c2cnn(C3CCNCC3)c2)c2cc(-c3ccoc3)oc12. The third kappa shape index (κ3) is 2.48. The van der Waals surface area contributed by atoms with Gasteiger partial charge < -0.3 is 19.9 Å². The molecule has 132 valence electrons. The van der Waals surface area contributed by atoms with Gasteiger partial charge in [-0.15, -0.1) is 0 Å². The highest BCUT2D eigenvalue weighted by Gasteiger charge is 2.19. The van der Waals surface area contributed by atoms with Crippen LogP contribution in [0.2, 0.25) is 0 Å². The van der Waals surface area contributed by atoms with E-state index in [-0.39, 0.29) is 0 Å². The fraction of sp³-hybridized carbons (Fsp3) is 0.263. The van der Waals surface area contributed by atoms with E-state index >= 15 is 0 Å². The Morgan fingerprint density at radius 3 is 2.88 bits per heavy atom. The lowest BCUT2D eigenvalue weighted by Crippen LogP contribution is -2.29. The minimum atomic E-state index is 0.379. The second-order valence-electron chi connectivity index (χ2n) is 6.61. The molecule has 0 amide bonds. The van der Waals surface area contributed by atoms with E-state index < -0.39 is 0 Å². The van der Waals surface area contributed by atoms with Crippen molar-refractivity contribution < 1.29 is 8.83 Å². The van der Waals surface area contributed by atoms with Crippen molar-refractivity contribution in [3.05, 3.63) is 43.2 Å². The van der Waals surface area contributed by atoms with Crippen molar-refractivity contribution in [2.45, 2.75) is 18.9 Å². The van der Waals surface area contributed by atoms with Crippen LogP contribution in [-0.2, 0) is 0 Å². The van der Waals surface area contributed by atoms with Crippen LogP contribution in [0.25, 0.3) is 33.4 Å². The summed E-state index contributed by atoms with van der Waals surface area (Å²) in [4.78, 5) is 4.31. The normalized spacial score (nSPS) is 15.7. The van der Waals surface area contributed by atoms with Crippen LogP contribution in [0.3, 0.4) is 0 Å². The van der Waals surface area contributed by atoms with Crippen LogP contribution in [0.1, 0.15) is 18.9 Å². The average Bonchev–Trinajstić information content (AvgIpc) is 3.42. The number of nitrogens with zero attached hydrogens (tertiary/aromatic N) is 3. The third-order valence-corrected chi connectivity index (χ3v) is 4.99. The first-order valence-electron chi connectivity index (χ1n) is 8.75. The topological polar surface area (TPSA) is 95.0 Å². The first kappa shape index (κ1) is 15.2. The molecule has 7 heteroatoms. The quantitative estimate of drug-likeness (QED) is 0.588. The molecule has 5 heterocycles. The first-order chi connectivity index (χ1) is 12.8. The molecule has 0 saturated carbocycles. The summed E-state index contributed by atoms with van der Waals surface area (Å²) >= 11 is 0. The number of nitrogen functional groups attached to an aromatic ring is 1. The van der Waals surface area contributed by atoms with Crippen molar-refractivity contribution in [2.75, 3.05) is 18.8 Å². The minimum absolute atomic E-state index is 0.379. The van der Waals surface area contributed by atoms with Crippen LogP contribution in [0.5, 0.6) is 0 Å². The van der Waals surface area contributed by atoms with E-state index in [9.17, 15) is 0 Å². The number of nitrogens with two attached hydrogens (primary N) is 1. The van der Waals surface area contributed by atoms with Gasteiger partial charge in [-0.25, -0.2) is 4.98 Å². The van der Waals surface area contributed by atoms with Gasteiger partial charge in [0, 0.05) is 28.9 Å². The lowest BCUT2D eigenvalue weighted by atomic mass is 10.1. The maximum absolute atomic E-state index is 6.04. The summed E-state index contributed by atoms with van der Waals surface area (Å²) in [5.41, 5.74) is 9.48. The Morgan fingerprint density at radius 2 is 2.08 bits per heavy atom. The number of pyridine rings is 1. The zero-order chi connectivity index (χ0) is 17.5. The van der Waals surface area contributed by atoms with Gasteiger partial charge >= 0.3 is 0 Å². The van der Waals surface area contributed by atoms with Crippen LogP contribution >= 0.6 is 0 Å². The van der Waals surface area contributed by atoms with Crippen molar-refractivity contribution >= 4 is 16.8 Å². The fourth-order valence-electron chi connectivity index (χ4n) is 3.57. The van der Waals surface area contributed by atoms with E-state index in [2.05, 4.69) is 26.3 Å². The molecule has 0 aliphatic carbocycles. The Bertz CT molecular complexity index is 1040. The van der Waals surface area contributed by atoms with Crippen LogP contribution in [0.4, 0.5) is 5.82 Å². The van der Waals surface area contributed by atoms with Crippen LogP contribution in [0.15, 0.2) is 52.1 Å². The molecule has 1 aliphatic heterocycles. The van der Waals surface area contributed by atoms with Gasteiger partial charge in [-0.05, 0) is 38.1 Å². The van der Waals surface area contributed by atoms with E-state index in [0.717, 1.165) is 48.0 Å². The average molecular weight is 349 g/mol. The molecule has 5 rings (SSSR count). The highest BCUT2D eigenvalue weighted by Crippen LogP contribution is 2.36. The number of piperidine rings is 1.